The van der Waals surface area contributed by atoms with Crippen molar-refractivity contribution in [3.05, 3.63) is 36.7 Å². The molecule has 1 atom stereocenters. The Bertz CT molecular complexity index is 622. The van der Waals surface area contributed by atoms with E-state index in [-0.39, 0.29) is 18.2 Å². The van der Waals surface area contributed by atoms with Gasteiger partial charge in [0.2, 0.25) is 11.9 Å². The number of carbonyl (C=O) groups excluding carboxylic acids is 2. The van der Waals surface area contributed by atoms with Crippen molar-refractivity contribution in [1.29, 1.82) is 0 Å². The Balaban J connectivity index is 1.74. The lowest BCUT2D eigenvalue weighted by atomic mass is 10.1. The van der Waals surface area contributed by atoms with Crippen LogP contribution in [0.1, 0.15) is 11.2 Å². The summed E-state index contributed by atoms with van der Waals surface area (Å²) in [5.41, 5.74) is 0.689. The van der Waals surface area contributed by atoms with Crippen molar-refractivity contribution in [2.24, 2.45) is 0 Å². The number of anilines is 2. The summed E-state index contributed by atoms with van der Waals surface area (Å²) in [4.78, 5) is 27.7. The first-order chi connectivity index (χ1) is 9.24. The van der Waals surface area contributed by atoms with Crippen molar-refractivity contribution < 1.29 is 9.59 Å². The molecule has 2 N–H and O–H groups in total. The molecule has 19 heavy (non-hydrogen) atoms. The number of para-hydroxylation sites is 1. The van der Waals surface area contributed by atoms with Crippen LogP contribution in [0.15, 0.2) is 36.7 Å². The molecule has 0 saturated carbocycles. The largest absolute Gasteiger partial charge is 0.342 e. The van der Waals surface area contributed by atoms with Gasteiger partial charge in [-0.15, -0.1) is 0 Å². The van der Waals surface area contributed by atoms with E-state index >= 15 is 0 Å². The molecule has 0 fully saturated rings. The van der Waals surface area contributed by atoms with Gasteiger partial charge in [-0.3, -0.25) is 9.59 Å². The molecule has 0 spiro atoms. The number of nitrogens with one attached hydrogen (secondary N) is 2. The van der Waals surface area contributed by atoms with Crippen LogP contribution in [-0.2, 0) is 4.79 Å². The molecule has 1 aromatic heterocycles. The van der Waals surface area contributed by atoms with Gasteiger partial charge in [0.25, 0.3) is 5.91 Å². The van der Waals surface area contributed by atoms with Crippen molar-refractivity contribution in [3.63, 3.8) is 0 Å². The third-order valence-electron chi connectivity index (χ3n) is 2.82. The van der Waals surface area contributed by atoms with Crippen molar-refractivity contribution >= 4 is 23.5 Å². The van der Waals surface area contributed by atoms with Gasteiger partial charge in [-0.1, -0.05) is 18.2 Å². The normalized spacial score (nSPS) is 17.5. The number of hydrogen-bond acceptors (Lipinski definition) is 5. The molecule has 0 unspecified atom stereocenters. The molecule has 0 bridgehead atoms. The van der Waals surface area contributed by atoms with Gasteiger partial charge in [0.15, 0.2) is 0 Å². The lowest BCUT2D eigenvalue weighted by Crippen LogP contribution is -2.42. The second-order valence-corrected chi connectivity index (χ2v) is 4.15. The molecule has 2 heterocycles. The van der Waals surface area contributed by atoms with Gasteiger partial charge in [0.05, 0.1) is 6.42 Å². The lowest BCUT2D eigenvalue weighted by molar-refractivity contribution is -0.117. The highest BCUT2D eigenvalue weighted by Crippen LogP contribution is 2.15. The van der Waals surface area contributed by atoms with E-state index in [4.69, 9.17) is 0 Å². The molecule has 3 rings (SSSR count). The number of benzene rings is 1. The third-order valence-corrected chi connectivity index (χ3v) is 2.82. The summed E-state index contributed by atoms with van der Waals surface area (Å²) in [5, 5.41) is 9.41. The minimum Gasteiger partial charge on any atom is -0.342 e. The number of amides is 1. The number of fused-ring (bicyclic) bond motifs is 1. The van der Waals surface area contributed by atoms with Crippen LogP contribution in [0, 0.1) is 0 Å². The maximum absolute atomic E-state index is 12.1. The Kier molecular flexibility index (Phi) is 2.71. The second kappa shape index (κ2) is 4.52. The van der Waals surface area contributed by atoms with E-state index in [0.717, 1.165) is 4.68 Å². The highest BCUT2D eigenvalue weighted by molar-refractivity contribution is 6.00. The Morgan fingerprint density at radius 3 is 2.95 bits per heavy atom. The molecular formula is C12H11N5O2. The molecule has 7 nitrogen and oxygen atoms in total. The molecule has 96 valence electrons. The number of carbonyl (C=O) groups is 2. The van der Waals surface area contributed by atoms with Crippen LogP contribution in [0.5, 0.6) is 0 Å². The zero-order chi connectivity index (χ0) is 13.2. The first-order valence-corrected chi connectivity index (χ1v) is 5.80. The summed E-state index contributed by atoms with van der Waals surface area (Å²) < 4.78 is 1.16. The van der Waals surface area contributed by atoms with Crippen LogP contribution < -0.4 is 10.6 Å². The average molecular weight is 257 g/mol. The Hall–Kier alpha value is -2.70. The van der Waals surface area contributed by atoms with Gasteiger partial charge < -0.3 is 10.6 Å². The van der Waals surface area contributed by atoms with Crippen molar-refractivity contribution in [1.82, 2.24) is 14.8 Å². The summed E-state index contributed by atoms with van der Waals surface area (Å²) in [5.74, 6) is -0.224. The number of rotatable bonds is 2. The molecule has 2 aromatic rings. The summed E-state index contributed by atoms with van der Waals surface area (Å²) in [7, 11) is 0. The van der Waals surface area contributed by atoms with E-state index in [0.29, 0.717) is 11.6 Å². The molecule has 7 heteroatoms. The molecule has 0 radical (unpaired) electrons. The molecule has 1 aliphatic heterocycles. The zero-order valence-electron chi connectivity index (χ0n) is 9.91. The van der Waals surface area contributed by atoms with Crippen LogP contribution in [0.3, 0.4) is 0 Å². The highest BCUT2D eigenvalue weighted by Gasteiger charge is 2.30. The Morgan fingerprint density at radius 2 is 2.16 bits per heavy atom. The molecule has 1 aliphatic rings. The van der Waals surface area contributed by atoms with E-state index in [1.54, 1.807) is 12.1 Å². The number of hydrogen-bond donors (Lipinski definition) is 2. The van der Waals surface area contributed by atoms with Crippen molar-refractivity contribution in [2.75, 3.05) is 10.6 Å². The SMILES string of the molecule is O=C(Nc1ccccc1)[C@@H]1CC(=O)n2ncnc2N1. The molecule has 0 aliphatic carbocycles. The van der Waals surface area contributed by atoms with Gasteiger partial charge in [0.1, 0.15) is 12.4 Å². The minimum atomic E-state index is -0.635. The second-order valence-electron chi connectivity index (χ2n) is 4.15. The highest BCUT2D eigenvalue weighted by atomic mass is 16.2. The summed E-state index contributed by atoms with van der Waals surface area (Å²) in [6.07, 6.45) is 1.33. The van der Waals surface area contributed by atoms with Crippen molar-refractivity contribution in [2.45, 2.75) is 12.5 Å². The van der Waals surface area contributed by atoms with Gasteiger partial charge in [-0.2, -0.15) is 14.8 Å². The summed E-state index contributed by atoms with van der Waals surface area (Å²) in [6.45, 7) is 0. The van der Waals surface area contributed by atoms with Crippen LogP contribution in [0.4, 0.5) is 11.6 Å². The Labute approximate surface area is 108 Å². The first kappa shape index (κ1) is 11.4. The van der Waals surface area contributed by atoms with E-state index in [1.165, 1.54) is 6.33 Å². The zero-order valence-corrected chi connectivity index (χ0v) is 9.91. The number of aromatic nitrogens is 3. The molecule has 1 amide bonds. The predicted octanol–water partition coefficient (Wildman–Crippen LogP) is 0.741. The van der Waals surface area contributed by atoms with E-state index in [9.17, 15) is 9.59 Å². The van der Waals surface area contributed by atoms with Crippen LogP contribution in [-0.4, -0.2) is 32.6 Å². The molecule has 0 saturated heterocycles. The van der Waals surface area contributed by atoms with Crippen LogP contribution >= 0.6 is 0 Å². The third kappa shape index (κ3) is 2.17. The van der Waals surface area contributed by atoms with Crippen LogP contribution in [0.2, 0.25) is 0 Å². The van der Waals surface area contributed by atoms with Gasteiger partial charge >= 0.3 is 0 Å². The quantitative estimate of drug-likeness (QED) is 0.828. The first-order valence-electron chi connectivity index (χ1n) is 5.80. The van der Waals surface area contributed by atoms with E-state index in [1.807, 2.05) is 18.2 Å². The Morgan fingerprint density at radius 1 is 1.37 bits per heavy atom. The monoisotopic (exact) mass is 257 g/mol. The predicted molar refractivity (Wildman–Crippen MR) is 67.7 cm³/mol. The minimum absolute atomic E-state index is 0.0506. The fourth-order valence-corrected chi connectivity index (χ4v) is 1.90. The maximum Gasteiger partial charge on any atom is 0.252 e. The van der Waals surface area contributed by atoms with Gasteiger partial charge in [-0.05, 0) is 12.1 Å². The fraction of sp³-hybridized carbons (Fsp3) is 0.167. The lowest BCUT2D eigenvalue weighted by Gasteiger charge is -2.22. The average Bonchev–Trinajstić information content (AvgIpc) is 2.88. The summed E-state index contributed by atoms with van der Waals surface area (Å²) >= 11 is 0. The molecular weight excluding hydrogens is 246 g/mol. The van der Waals surface area contributed by atoms with Gasteiger partial charge in [0, 0.05) is 5.69 Å². The van der Waals surface area contributed by atoms with Crippen LogP contribution in [0.25, 0.3) is 0 Å². The fourth-order valence-electron chi connectivity index (χ4n) is 1.90. The van der Waals surface area contributed by atoms with Crippen molar-refractivity contribution in [3.8, 4) is 0 Å². The standard InChI is InChI=1S/C12H11N5O2/c18-10-6-9(16-12-13-7-14-17(10)12)11(19)15-8-4-2-1-3-5-8/h1-5,7,9H,6H2,(H,15,19)(H,13,14,16)/t9-/m0/s1. The van der Waals surface area contributed by atoms with E-state index < -0.39 is 6.04 Å². The topological polar surface area (TPSA) is 88.9 Å². The summed E-state index contributed by atoms with van der Waals surface area (Å²) in [6, 6.07) is 8.44. The smallest absolute Gasteiger partial charge is 0.252 e. The maximum atomic E-state index is 12.1. The van der Waals surface area contributed by atoms with Gasteiger partial charge in [-0.25, -0.2) is 0 Å². The number of nitrogens with zero attached hydrogens (tertiary/aromatic N) is 3. The molecule has 1 aromatic carbocycles. The van der Waals surface area contributed by atoms with E-state index in [2.05, 4.69) is 20.7 Å².